The summed E-state index contributed by atoms with van der Waals surface area (Å²) >= 11 is 0. The van der Waals surface area contributed by atoms with Gasteiger partial charge < -0.3 is 10.5 Å². The van der Waals surface area contributed by atoms with Gasteiger partial charge in [0.1, 0.15) is 0 Å². The zero-order valence-corrected chi connectivity index (χ0v) is 10.3. The number of benzene rings is 1. The van der Waals surface area contributed by atoms with E-state index in [1.165, 1.54) is 7.11 Å². The first-order valence-corrected chi connectivity index (χ1v) is 5.30. The van der Waals surface area contributed by atoms with Crippen molar-refractivity contribution in [3.63, 3.8) is 0 Å². The van der Waals surface area contributed by atoms with Crippen LogP contribution < -0.4 is 5.73 Å². The summed E-state index contributed by atoms with van der Waals surface area (Å²) in [5, 5.41) is 0. The van der Waals surface area contributed by atoms with E-state index >= 15 is 0 Å². The number of ether oxygens (including phenoxy) is 1. The summed E-state index contributed by atoms with van der Waals surface area (Å²) in [6.07, 6.45) is 0. The molecule has 88 valence electrons. The van der Waals surface area contributed by atoms with E-state index in [-0.39, 0.29) is 12.0 Å². The Bertz CT molecular complexity index is 385. The van der Waals surface area contributed by atoms with Crippen molar-refractivity contribution < 1.29 is 9.53 Å². The number of carbonyl (C=O) groups is 1. The summed E-state index contributed by atoms with van der Waals surface area (Å²) in [5.41, 5.74) is 7.50. The molecule has 0 aromatic heterocycles. The van der Waals surface area contributed by atoms with Crippen molar-refractivity contribution >= 4 is 5.97 Å². The Balaban J connectivity index is 3.07. The number of esters is 1. The average molecular weight is 221 g/mol. The number of hydrogen-bond acceptors (Lipinski definition) is 3. The van der Waals surface area contributed by atoms with Crippen molar-refractivity contribution in [3.05, 3.63) is 35.4 Å². The third-order valence-corrected chi connectivity index (χ3v) is 3.01. The largest absolute Gasteiger partial charge is 0.469 e. The van der Waals surface area contributed by atoms with E-state index in [9.17, 15) is 4.79 Å². The van der Waals surface area contributed by atoms with Crippen molar-refractivity contribution in [1.29, 1.82) is 0 Å². The molecule has 0 unspecified atom stereocenters. The molecular formula is C13H19NO2. The number of nitrogens with two attached hydrogens (primary N) is 1. The zero-order valence-electron chi connectivity index (χ0n) is 10.3. The van der Waals surface area contributed by atoms with Gasteiger partial charge in [-0.25, -0.2) is 0 Å². The second kappa shape index (κ2) is 4.66. The van der Waals surface area contributed by atoms with Crippen LogP contribution in [0, 0.1) is 12.3 Å². The average Bonchev–Trinajstić information content (AvgIpc) is 2.27. The molecule has 0 bridgehead atoms. The monoisotopic (exact) mass is 221 g/mol. The lowest BCUT2D eigenvalue weighted by Gasteiger charge is -2.29. The Morgan fingerprint density at radius 3 is 2.44 bits per heavy atom. The SMILES string of the molecule is COC(=O)C(C)(C)[C@@H](N)c1ccccc1C. The number of hydrogen-bond donors (Lipinski definition) is 1. The molecule has 0 saturated carbocycles. The zero-order chi connectivity index (χ0) is 12.3. The molecule has 2 N–H and O–H groups in total. The fraction of sp³-hybridized carbons (Fsp3) is 0.462. The van der Waals surface area contributed by atoms with Gasteiger partial charge in [0, 0.05) is 6.04 Å². The highest BCUT2D eigenvalue weighted by Gasteiger charge is 2.36. The fourth-order valence-corrected chi connectivity index (χ4v) is 1.71. The minimum Gasteiger partial charge on any atom is -0.469 e. The lowest BCUT2D eigenvalue weighted by atomic mass is 9.80. The Hall–Kier alpha value is -1.35. The van der Waals surface area contributed by atoms with Crippen LogP contribution in [0.15, 0.2) is 24.3 Å². The minimum absolute atomic E-state index is 0.289. The Morgan fingerprint density at radius 1 is 1.38 bits per heavy atom. The van der Waals surface area contributed by atoms with Crippen LogP contribution in [-0.4, -0.2) is 13.1 Å². The Kier molecular flexibility index (Phi) is 3.70. The van der Waals surface area contributed by atoms with Gasteiger partial charge in [-0.05, 0) is 31.9 Å². The van der Waals surface area contributed by atoms with E-state index in [1.54, 1.807) is 13.8 Å². The molecule has 0 aliphatic rings. The molecule has 0 heterocycles. The summed E-state index contributed by atoms with van der Waals surface area (Å²) in [5.74, 6) is -0.289. The molecule has 0 spiro atoms. The van der Waals surface area contributed by atoms with E-state index in [0.717, 1.165) is 11.1 Å². The molecule has 1 rings (SSSR count). The Labute approximate surface area is 96.6 Å². The highest BCUT2D eigenvalue weighted by molar-refractivity contribution is 5.77. The molecule has 0 fully saturated rings. The molecule has 1 atom stereocenters. The van der Waals surface area contributed by atoms with E-state index < -0.39 is 5.41 Å². The molecule has 16 heavy (non-hydrogen) atoms. The van der Waals surface area contributed by atoms with Crippen LogP contribution >= 0.6 is 0 Å². The maximum atomic E-state index is 11.7. The molecule has 0 amide bonds. The fourth-order valence-electron chi connectivity index (χ4n) is 1.71. The Morgan fingerprint density at radius 2 is 1.94 bits per heavy atom. The minimum atomic E-state index is -0.721. The summed E-state index contributed by atoms with van der Waals surface area (Å²) < 4.78 is 4.78. The van der Waals surface area contributed by atoms with Gasteiger partial charge in [0.2, 0.25) is 0 Å². The molecule has 0 saturated heterocycles. The molecule has 3 heteroatoms. The number of rotatable bonds is 3. The van der Waals surface area contributed by atoms with E-state index in [4.69, 9.17) is 10.5 Å². The third-order valence-electron chi connectivity index (χ3n) is 3.01. The molecule has 1 aromatic rings. The van der Waals surface area contributed by atoms with Crippen LogP contribution in [0.2, 0.25) is 0 Å². The van der Waals surface area contributed by atoms with E-state index in [2.05, 4.69) is 0 Å². The second-order valence-corrected chi connectivity index (χ2v) is 4.55. The summed E-state index contributed by atoms with van der Waals surface area (Å²) in [6.45, 7) is 5.59. The van der Waals surface area contributed by atoms with Gasteiger partial charge in [0.25, 0.3) is 0 Å². The van der Waals surface area contributed by atoms with Crippen molar-refractivity contribution in [2.24, 2.45) is 11.1 Å². The van der Waals surface area contributed by atoms with Gasteiger partial charge in [-0.1, -0.05) is 24.3 Å². The first-order valence-electron chi connectivity index (χ1n) is 5.30. The van der Waals surface area contributed by atoms with Crippen LogP contribution in [0.5, 0.6) is 0 Å². The van der Waals surface area contributed by atoms with Crippen molar-refractivity contribution in [3.8, 4) is 0 Å². The predicted molar refractivity (Wildman–Crippen MR) is 63.9 cm³/mol. The van der Waals surface area contributed by atoms with Gasteiger partial charge in [0.15, 0.2) is 0 Å². The van der Waals surface area contributed by atoms with Crippen molar-refractivity contribution in [1.82, 2.24) is 0 Å². The first kappa shape index (κ1) is 12.7. The summed E-state index contributed by atoms with van der Waals surface area (Å²) in [6, 6.07) is 7.46. The molecule has 0 aliphatic heterocycles. The molecule has 1 aromatic carbocycles. The van der Waals surface area contributed by atoms with Crippen LogP contribution in [0.3, 0.4) is 0 Å². The summed E-state index contributed by atoms with van der Waals surface area (Å²) in [4.78, 5) is 11.7. The molecular weight excluding hydrogens is 202 g/mol. The topological polar surface area (TPSA) is 52.3 Å². The number of carbonyl (C=O) groups excluding carboxylic acids is 1. The highest BCUT2D eigenvalue weighted by Crippen LogP contribution is 2.33. The van der Waals surface area contributed by atoms with Gasteiger partial charge in [-0.15, -0.1) is 0 Å². The van der Waals surface area contributed by atoms with Crippen LogP contribution in [-0.2, 0) is 9.53 Å². The van der Waals surface area contributed by atoms with E-state index in [1.807, 2.05) is 31.2 Å². The lowest BCUT2D eigenvalue weighted by molar-refractivity contribution is -0.152. The number of aryl methyl sites for hydroxylation is 1. The molecule has 0 radical (unpaired) electrons. The lowest BCUT2D eigenvalue weighted by Crippen LogP contribution is -2.37. The van der Waals surface area contributed by atoms with Gasteiger partial charge >= 0.3 is 5.97 Å². The van der Waals surface area contributed by atoms with Gasteiger partial charge in [-0.2, -0.15) is 0 Å². The normalized spacial score (nSPS) is 13.3. The van der Waals surface area contributed by atoms with E-state index in [0.29, 0.717) is 0 Å². The quantitative estimate of drug-likeness (QED) is 0.796. The predicted octanol–water partition coefficient (Wildman–Crippen LogP) is 2.19. The van der Waals surface area contributed by atoms with Crippen LogP contribution in [0.4, 0.5) is 0 Å². The summed E-state index contributed by atoms with van der Waals surface area (Å²) in [7, 11) is 1.38. The van der Waals surface area contributed by atoms with Crippen LogP contribution in [0.1, 0.15) is 31.0 Å². The standard InChI is InChI=1S/C13H19NO2/c1-9-7-5-6-8-10(9)11(14)13(2,3)12(15)16-4/h5-8,11H,14H2,1-4H3/t11-/m0/s1. The van der Waals surface area contributed by atoms with Gasteiger partial charge in [0.05, 0.1) is 12.5 Å². The first-order chi connectivity index (χ1) is 7.41. The third kappa shape index (κ3) is 2.25. The maximum Gasteiger partial charge on any atom is 0.313 e. The highest BCUT2D eigenvalue weighted by atomic mass is 16.5. The van der Waals surface area contributed by atoms with Crippen molar-refractivity contribution in [2.75, 3.05) is 7.11 Å². The maximum absolute atomic E-state index is 11.7. The molecule has 3 nitrogen and oxygen atoms in total. The molecule has 0 aliphatic carbocycles. The number of methoxy groups -OCH3 is 1. The van der Waals surface area contributed by atoms with Gasteiger partial charge in [-0.3, -0.25) is 4.79 Å². The second-order valence-electron chi connectivity index (χ2n) is 4.55. The smallest absolute Gasteiger partial charge is 0.313 e. The van der Waals surface area contributed by atoms with Crippen LogP contribution in [0.25, 0.3) is 0 Å². The van der Waals surface area contributed by atoms with Crippen molar-refractivity contribution in [2.45, 2.75) is 26.8 Å².